The van der Waals surface area contributed by atoms with Crippen molar-refractivity contribution in [3.8, 4) is 5.75 Å². The molecule has 2 rings (SSSR count). The standard InChI is InChI=1S/C11H14N2O5S/c14-10-4-3-8(11(15)16)7-9(10)12-19(17,18)13-5-1-2-6-13/h3-4,7,12,14H,1-2,5-6H2,(H,15,16). The first-order valence-corrected chi connectivity index (χ1v) is 7.18. The number of nitrogens with one attached hydrogen (secondary N) is 1. The van der Waals surface area contributed by atoms with Gasteiger partial charge in [0.25, 0.3) is 0 Å². The Bertz CT molecular complexity index is 593. The van der Waals surface area contributed by atoms with E-state index in [-0.39, 0.29) is 17.0 Å². The Kier molecular flexibility index (Phi) is 3.63. The molecule has 7 nitrogen and oxygen atoms in total. The quantitative estimate of drug-likeness (QED) is 0.711. The first kappa shape index (κ1) is 13.6. The third-order valence-electron chi connectivity index (χ3n) is 2.89. The summed E-state index contributed by atoms with van der Waals surface area (Å²) in [5.41, 5.74) is -0.233. The van der Waals surface area contributed by atoms with Crippen LogP contribution in [-0.2, 0) is 10.2 Å². The van der Waals surface area contributed by atoms with Gasteiger partial charge in [-0.3, -0.25) is 4.72 Å². The van der Waals surface area contributed by atoms with Gasteiger partial charge >= 0.3 is 16.2 Å². The van der Waals surface area contributed by atoms with Crippen LogP contribution in [-0.4, -0.2) is 42.0 Å². The summed E-state index contributed by atoms with van der Waals surface area (Å²) in [5, 5.41) is 18.4. The number of phenols is 1. The van der Waals surface area contributed by atoms with Crippen LogP contribution in [0.3, 0.4) is 0 Å². The van der Waals surface area contributed by atoms with E-state index < -0.39 is 16.2 Å². The Morgan fingerprint density at radius 2 is 1.89 bits per heavy atom. The average molecular weight is 286 g/mol. The van der Waals surface area contributed by atoms with Crippen LogP contribution in [0.1, 0.15) is 23.2 Å². The van der Waals surface area contributed by atoms with E-state index in [2.05, 4.69) is 4.72 Å². The lowest BCUT2D eigenvalue weighted by Gasteiger charge is -2.17. The second-order valence-electron chi connectivity index (χ2n) is 4.25. The lowest BCUT2D eigenvalue weighted by molar-refractivity contribution is 0.0697. The third kappa shape index (κ3) is 2.96. The summed E-state index contributed by atoms with van der Waals surface area (Å²) < 4.78 is 27.5. The second-order valence-corrected chi connectivity index (χ2v) is 5.92. The lowest BCUT2D eigenvalue weighted by Crippen LogP contribution is -2.33. The Balaban J connectivity index is 2.27. The third-order valence-corrected chi connectivity index (χ3v) is 4.41. The number of nitrogens with zero attached hydrogens (tertiary/aromatic N) is 1. The fourth-order valence-electron chi connectivity index (χ4n) is 1.88. The highest BCUT2D eigenvalue weighted by molar-refractivity contribution is 7.90. The maximum atomic E-state index is 12.0. The SMILES string of the molecule is O=C(O)c1ccc(O)c(NS(=O)(=O)N2CCCC2)c1. The van der Waals surface area contributed by atoms with E-state index in [9.17, 15) is 18.3 Å². The highest BCUT2D eigenvalue weighted by Crippen LogP contribution is 2.26. The molecule has 1 aromatic carbocycles. The molecule has 0 bridgehead atoms. The van der Waals surface area contributed by atoms with Crippen LogP contribution in [0.15, 0.2) is 18.2 Å². The van der Waals surface area contributed by atoms with E-state index in [0.29, 0.717) is 13.1 Å². The van der Waals surface area contributed by atoms with Gasteiger partial charge in [0.15, 0.2) is 0 Å². The fourth-order valence-corrected chi connectivity index (χ4v) is 3.19. The van der Waals surface area contributed by atoms with Gasteiger partial charge in [-0.05, 0) is 31.0 Å². The van der Waals surface area contributed by atoms with Crippen molar-refractivity contribution < 1.29 is 23.4 Å². The normalized spacial score (nSPS) is 16.4. The average Bonchev–Trinajstić information content (AvgIpc) is 2.85. The number of carbonyl (C=O) groups is 1. The molecule has 0 radical (unpaired) electrons. The lowest BCUT2D eigenvalue weighted by atomic mass is 10.2. The molecule has 0 aliphatic carbocycles. The van der Waals surface area contributed by atoms with Crippen molar-refractivity contribution in [1.82, 2.24) is 4.31 Å². The summed E-state index contributed by atoms with van der Waals surface area (Å²) in [6, 6.07) is 3.43. The monoisotopic (exact) mass is 286 g/mol. The molecule has 1 aliphatic rings. The van der Waals surface area contributed by atoms with E-state index in [0.717, 1.165) is 25.0 Å². The number of carboxylic acid groups (broad SMARTS) is 1. The molecule has 8 heteroatoms. The molecule has 1 saturated heterocycles. The van der Waals surface area contributed by atoms with Crippen molar-refractivity contribution in [1.29, 1.82) is 0 Å². The predicted octanol–water partition coefficient (Wildman–Crippen LogP) is 0.843. The first-order valence-electron chi connectivity index (χ1n) is 5.74. The molecule has 0 unspecified atom stereocenters. The maximum absolute atomic E-state index is 12.0. The number of aromatic hydroxyl groups is 1. The van der Waals surface area contributed by atoms with Gasteiger partial charge in [0.05, 0.1) is 11.3 Å². The summed E-state index contributed by atoms with van der Waals surface area (Å²) in [6.45, 7) is 0.851. The smallest absolute Gasteiger partial charge is 0.335 e. The molecule has 1 aromatic rings. The van der Waals surface area contributed by atoms with Crippen molar-refractivity contribution >= 4 is 21.9 Å². The fraction of sp³-hybridized carbons (Fsp3) is 0.364. The summed E-state index contributed by atoms with van der Waals surface area (Å²) in [5.74, 6) is -1.51. The highest BCUT2D eigenvalue weighted by atomic mass is 32.2. The van der Waals surface area contributed by atoms with Gasteiger partial charge in [-0.15, -0.1) is 0 Å². The summed E-state index contributed by atoms with van der Waals surface area (Å²) >= 11 is 0. The number of hydrogen-bond donors (Lipinski definition) is 3. The van der Waals surface area contributed by atoms with Crippen molar-refractivity contribution in [2.75, 3.05) is 17.8 Å². The van der Waals surface area contributed by atoms with Gasteiger partial charge < -0.3 is 10.2 Å². The molecule has 0 atom stereocenters. The number of rotatable bonds is 4. The zero-order chi connectivity index (χ0) is 14.0. The number of aromatic carboxylic acids is 1. The second kappa shape index (κ2) is 5.06. The van der Waals surface area contributed by atoms with Crippen LogP contribution < -0.4 is 4.72 Å². The highest BCUT2D eigenvalue weighted by Gasteiger charge is 2.26. The van der Waals surface area contributed by atoms with Gasteiger partial charge in [0.1, 0.15) is 5.75 Å². The minimum Gasteiger partial charge on any atom is -0.506 e. The van der Waals surface area contributed by atoms with Crippen LogP contribution in [0.2, 0.25) is 0 Å². The van der Waals surface area contributed by atoms with E-state index in [1.807, 2.05) is 0 Å². The largest absolute Gasteiger partial charge is 0.506 e. The zero-order valence-corrected chi connectivity index (χ0v) is 10.9. The van der Waals surface area contributed by atoms with Crippen molar-refractivity contribution in [2.24, 2.45) is 0 Å². The Hall–Kier alpha value is -1.80. The summed E-state index contributed by atoms with van der Waals surface area (Å²) in [6.07, 6.45) is 1.59. The van der Waals surface area contributed by atoms with Crippen LogP contribution in [0, 0.1) is 0 Å². The minimum absolute atomic E-state index is 0.100. The molecule has 19 heavy (non-hydrogen) atoms. The molecular weight excluding hydrogens is 272 g/mol. The maximum Gasteiger partial charge on any atom is 0.335 e. The van der Waals surface area contributed by atoms with Crippen LogP contribution in [0.25, 0.3) is 0 Å². The molecule has 0 aromatic heterocycles. The number of hydrogen-bond acceptors (Lipinski definition) is 4. The number of benzene rings is 1. The summed E-state index contributed by atoms with van der Waals surface area (Å²) in [7, 11) is -3.75. The Morgan fingerprint density at radius 3 is 2.47 bits per heavy atom. The molecule has 104 valence electrons. The number of phenolic OH excluding ortho intramolecular Hbond substituents is 1. The topological polar surface area (TPSA) is 107 Å². The van der Waals surface area contributed by atoms with E-state index in [1.165, 1.54) is 10.4 Å². The summed E-state index contributed by atoms with van der Waals surface area (Å²) in [4.78, 5) is 10.8. The molecule has 0 spiro atoms. The molecule has 0 saturated carbocycles. The van der Waals surface area contributed by atoms with Crippen LogP contribution >= 0.6 is 0 Å². The Labute approximate surface area is 110 Å². The zero-order valence-electron chi connectivity index (χ0n) is 10.0. The van der Waals surface area contributed by atoms with Crippen molar-refractivity contribution in [3.63, 3.8) is 0 Å². The molecule has 1 fully saturated rings. The van der Waals surface area contributed by atoms with E-state index in [1.54, 1.807) is 0 Å². The van der Waals surface area contributed by atoms with Crippen LogP contribution in [0.4, 0.5) is 5.69 Å². The number of anilines is 1. The first-order chi connectivity index (χ1) is 8.90. The molecule has 1 aliphatic heterocycles. The van der Waals surface area contributed by atoms with E-state index >= 15 is 0 Å². The van der Waals surface area contributed by atoms with Crippen molar-refractivity contribution in [2.45, 2.75) is 12.8 Å². The molecule has 0 amide bonds. The molecule has 3 N–H and O–H groups in total. The van der Waals surface area contributed by atoms with Gasteiger partial charge in [0.2, 0.25) is 0 Å². The van der Waals surface area contributed by atoms with Gasteiger partial charge in [0, 0.05) is 13.1 Å². The van der Waals surface area contributed by atoms with Gasteiger partial charge in [-0.2, -0.15) is 12.7 Å². The number of carboxylic acids is 1. The van der Waals surface area contributed by atoms with E-state index in [4.69, 9.17) is 5.11 Å². The van der Waals surface area contributed by atoms with Gasteiger partial charge in [-0.25, -0.2) is 4.79 Å². The van der Waals surface area contributed by atoms with Crippen LogP contribution in [0.5, 0.6) is 5.75 Å². The van der Waals surface area contributed by atoms with Crippen molar-refractivity contribution in [3.05, 3.63) is 23.8 Å². The molecule has 1 heterocycles. The Morgan fingerprint density at radius 1 is 1.26 bits per heavy atom. The minimum atomic E-state index is -3.75. The van der Waals surface area contributed by atoms with Gasteiger partial charge in [-0.1, -0.05) is 0 Å². The predicted molar refractivity (Wildman–Crippen MR) is 68.4 cm³/mol. The molecular formula is C11H14N2O5S.